The first-order chi connectivity index (χ1) is 7.24. The Morgan fingerprint density at radius 3 is 2.67 bits per heavy atom. The first-order valence-corrected chi connectivity index (χ1v) is 7.15. The van der Waals surface area contributed by atoms with Crippen LogP contribution < -0.4 is 0 Å². The molecule has 2 rings (SSSR count). The molecule has 0 aromatic heterocycles. The summed E-state index contributed by atoms with van der Waals surface area (Å²) in [5.41, 5.74) is 1.08. The molecule has 0 atom stereocenters. The summed E-state index contributed by atoms with van der Waals surface area (Å²) in [7, 11) is 0. The topological polar surface area (TPSA) is 0 Å². The van der Waals surface area contributed by atoms with Crippen LogP contribution in [0.2, 0.25) is 0 Å². The molecule has 0 saturated heterocycles. The van der Waals surface area contributed by atoms with Gasteiger partial charge in [0.25, 0.3) is 0 Å². The molecule has 0 bridgehead atoms. The molecule has 0 amide bonds. The van der Waals surface area contributed by atoms with Gasteiger partial charge in [-0.2, -0.15) is 11.8 Å². The molecule has 0 unspecified atom stereocenters. The van der Waals surface area contributed by atoms with Crippen LogP contribution in [0.15, 0.2) is 22.7 Å². The van der Waals surface area contributed by atoms with E-state index in [0.717, 1.165) is 21.0 Å². The SMILES string of the molecule is Fc1cc(Br)cc(CSC2CCCC2)c1. The van der Waals surface area contributed by atoms with Crippen LogP contribution in [0.3, 0.4) is 0 Å². The van der Waals surface area contributed by atoms with Gasteiger partial charge in [-0.05, 0) is 36.6 Å². The van der Waals surface area contributed by atoms with E-state index in [2.05, 4.69) is 15.9 Å². The van der Waals surface area contributed by atoms with E-state index >= 15 is 0 Å². The first-order valence-electron chi connectivity index (χ1n) is 5.30. The molecule has 1 aliphatic carbocycles. The predicted octanol–water partition coefficient (Wildman–Crippen LogP) is 4.76. The Labute approximate surface area is 103 Å². The number of hydrogen-bond donors (Lipinski definition) is 0. The van der Waals surface area contributed by atoms with E-state index in [1.54, 1.807) is 6.07 Å². The van der Waals surface area contributed by atoms with Crippen molar-refractivity contribution < 1.29 is 4.39 Å². The number of thioether (sulfide) groups is 1. The summed E-state index contributed by atoms with van der Waals surface area (Å²) in [6.45, 7) is 0. The zero-order chi connectivity index (χ0) is 10.7. The molecule has 0 heterocycles. The van der Waals surface area contributed by atoms with E-state index < -0.39 is 0 Å². The van der Waals surface area contributed by atoms with Gasteiger partial charge in [-0.25, -0.2) is 4.39 Å². The Morgan fingerprint density at radius 2 is 2.00 bits per heavy atom. The Balaban J connectivity index is 1.92. The molecule has 1 saturated carbocycles. The van der Waals surface area contributed by atoms with Crippen molar-refractivity contribution >= 4 is 27.7 Å². The Morgan fingerprint density at radius 1 is 1.27 bits per heavy atom. The average Bonchev–Trinajstić information content (AvgIpc) is 2.65. The molecule has 15 heavy (non-hydrogen) atoms. The second kappa shape index (κ2) is 5.35. The Hall–Kier alpha value is -0.0200. The molecule has 1 aromatic rings. The fourth-order valence-electron chi connectivity index (χ4n) is 1.96. The lowest BCUT2D eigenvalue weighted by atomic mass is 10.2. The van der Waals surface area contributed by atoms with Crippen molar-refractivity contribution in [1.82, 2.24) is 0 Å². The molecule has 3 heteroatoms. The summed E-state index contributed by atoms with van der Waals surface area (Å²) in [6.07, 6.45) is 5.40. The van der Waals surface area contributed by atoms with Gasteiger partial charge in [0.15, 0.2) is 0 Å². The fourth-order valence-corrected chi connectivity index (χ4v) is 3.74. The molecule has 0 aliphatic heterocycles. The van der Waals surface area contributed by atoms with E-state index in [0.29, 0.717) is 0 Å². The monoisotopic (exact) mass is 288 g/mol. The summed E-state index contributed by atoms with van der Waals surface area (Å²) < 4.78 is 13.9. The third-order valence-corrected chi connectivity index (χ3v) is 4.61. The highest BCUT2D eigenvalue weighted by Crippen LogP contribution is 2.32. The minimum absolute atomic E-state index is 0.147. The van der Waals surface area contributed by atoms with Gasteiger partial charge in [0, 0.05) is 15.5 Å². The third-order valence-electron chi connectivity index (χ3n) is 2.71. The number of halogens is 2. The molecule has 0 N–H and O–H groups in total. The predicted molar refractivity (Wildman–Crippen MR) is 67.7 cm³/mol. The van der Waals surface area contributed by atoms with Crippen molar-refractivity contribution in [3.63, 3.8) is 0 Å². The lowest BCUT2D eigenvalue weighted by molar-refractivity contribution is 0.625. The van der Waals surface area contributed by atoms with Crippen LogP contribution >= 0.6 is 27.7 Å². The van der Waals surface area contributed by atoms with E-state index in [1.165, 1.54) is 31.7 Å². The summed E-state index contributed by atoms with van der Waals surface area (Å²) in [6, 6.07) is 5.14. The summed E-state index contributed by atoms with van der Waals surface area (Å²) in [4.78, 5) is 0. The highest BCUT2D eigenvalue weighted by molar-refractivity contribution is 9.10. The van der Waals surface area contributed by atoms with Gasteiger partial charge in [0.05, 0.1) is 0 Å². The molecule has 82 valence electrons. The summed E-state index contributed by atoms with van der Waals surface area (Å²) in [5.74, 6) is 0.785. The number of rotatable bonds is 3. The van der Waals surface area contributed by atoms with Gasteiger partial charge < -0.3 is 0 Å². The highest BCUT2D eigenvalue weighted by Gasteiger charge is 2.15. The van der Waals surface area contributed by atoms with Crippen molar-refractivity contribution in [2.45, 2.75) is 36.7 Å². The molecular weight excluding hydrogens is 275 g/mol. The van der Waals surface area contributed by atoms with E-state index in [9.17, 15) is 4.39 Å². The number of hydrogen-bond acceptors (Lipinski definition) is 1. The van der Waals surface area contributed by atoms with Gasteiger partial charge in [0.1, 0.15) is 5.82 Å². The molecule has 1 fully saturated rings. The lowest BCUT2D eigenvalue weighted by Crippen LogP contribution is -1.95. The minimum Gasteiger partial charge on any atom is -0.207 e. The minimum atomic E-state index is -0.147. The van der Waals surface area contributed by atoms with Crippen LogP contribution in [0.5, 0.6) is 0 Å². The average molecular weight is 289 g/mol. The maximum atomic E-state index is 13.1. The zero-order valence-electron chi connectivity index (χ0n) is 8.51. The van der Waals surface area contributed by atoms with Crippen molar-refractivity contribution in [3.05, 3.63) is 34.1 Å². The molecule has 0 radical (unpaired) electrons. The van der Waals surface area contributed by atoms with Crippen LogP contribution in [0, 0.1) is 5.82 Å². The van der Waals surface area contributed by atoms with E-state index in [-0.39, 0.29) is 5.82 Å². The standard InChI is InChI=1S/C12H14BrFS/c13-10-5-9(6-11(14)7-10)8-15-12-3-1-2-4-12/h5-7,12H,1-4,8H2. The molecule has 1 aliphatic rings. The van der Waals surface area contributed by atoms with Crippen molar-refractivity contribution in [3.8, 4) is 0 Å². The maximum absolute atomic E-state index is 13.1. The number of benzene rings is 1. The summed E-state index contributed by atoms with van der Waals surface area (Å²) >= 11 is 5.28. The quantitative estimate of drug-likeness (QED) is 0.772. The maximum Gasteiger partial charge on any atom is 0.124 e. The van der Waals surface area contributed by atoms with Gasteiger partial charge in [0.2, 0.25) is 0 Å². The fraction of sp³-hybridized carbons (Fsp3) is 0.500. The molecule has 0 spiro atoms. The molecular formula is C12H14BrFS. The lowest BCUT2D eigenvalue weighted by Gasteiger charge is -2.08. The summed E-state index contributed by atoms with van der Waals surface area (Å²) in [5, 5.41) is 0.798. The first kappa shape index (κ1) is 11.5. The molecule has 0 nitrogen and oxygen atoms in total. The second-order valence-corrected chi connectivity index (χ2v) is 6.20. The highest BCUT2D eigenvalue weighted by atomic mass is 79.9. The third kappa shape index (κ3) is 3.49. The largest absolute Gasteiger partial charge is 0.207 e. The second-order valence-electron chi connectivity index (χ2n) is 4.00. The van der Waals surface area contributed by atoms with Crippen LogP contribution in [-0.4, -0.2) is 5.25 Å². The Bertz CT molecular complexity index is 314. The van der Waals surface area contributed by atoms with E-state index in [1.807, 2.05) is 17.8 Å². The van der Waals surface area contributed by atoms with Crippen molar-refractivity contribution in [1.29, 1.82) is 0 Å². The van der Waals surface area contributed by atoms with Crippen molar-refractivity contribution in [2.24, 2.45) is 0 Å². The molecule has 1 aromatic carbocycles. The van der Waals surface area contributed by atoms with Gasteiger partial charge in [-0.15, -0.1) is 0 Å². The van der Waals surface area contributed by atoms with Gasteiger partial charge in [-0.3, -0.25) is 0 Å². The Kier molecular flexibility index (Phi) is 4.09. The van der Waals surface area contributed by atoms with Crippen molar-refractivity contribution in [2.75, 3.05) is 0 Å². The smallest absolute Gasteiger partial charge is 0.124 e. The van der Waals surface area contributed by atoms with E-state index in [4.69, 9.17) is 0 Å². The zero-order valence-corrected chi connectivity index (χ0v) is 10.9. The van der Waals surface area contributed by atoms with Crippen LogP contribution in [0.25, 0.3) is 0 Å². The van der Waals surface area contributed by atoms with Crippen LogP contribution in [0.4, 0.5) is 4.39 Å². The normalized spacial score (nSPS) is 17.2. The van der Waals surface area contributed by atoms with Crippen LogP contribution in [0.1, 0.15) is 31.2 Å². The van der Waals surface area contributed by atoms with Crippen LogP contribution in [-0.2, 0) is 5.75 Å². The van der Waals surface area contributed by atoms with Gasteiger partial charge in [-0.1, -0.05) is 28.8 Å². The van der Waals surface area contributed by atoms with Gasteiger partial charge >= 0.3 is 0 Å².